The van der Waals surface area contributed by atoms with E-state index in [0.717, 1.165) is 0 Å². The molecule has 2 aliphatic rings. The van der Waals surface area contributed by atoms with E-state index in [1.165, 1.54) is 11.0 Å². The van der Waals surface area contributed by atoms with Gasteiger partial charge in [0.1, 0.15) is 18.0 Å². The van der Waals surface area contributed by atoms with E-state index in [2.05, 4.69) is 5.32 Å². The van der Waals surface area contributed by atoms with Gasteiger partial charge in [-0.1, -0.05) is 30.3 Å². The third kappa shape index (κ3) is 2.83. The fourth-order valence-electron chi connectivity index (χ4n) is 3.98. The lowest BCUT2D eigenvalue weighted by Crippen LogP contribution is -2.63. The molecule has 28 heavy (non-hydrogen) atoms. The van der Waals surface area contributed by atoms with Crippen molar-refractivity contribution in [3.8, 4) is 0 Å². The van der Waals surface area contributed by atoms with Crippen LogP contribution in [0, 0.1) is 5.82 Å². The number of benzene rings is 2. The second kappa shape index (κ2) is 6.74. The zero-order chi connectivity index (χ0) is 19.9. The molecule has 0 aromatic heterocycles. The quantitative estimate of drug-likeness (QED) is 0.884. The molecule has 2 heterocycles. The van der Waals surface area contributed by atoms with Crippen LogP contribution in [0.5, 0.6) is 0 Å². The second-order valence-corrected chi connectivity index (χ2v) is 7.22. The summed E-state index contributed by atoms with van der Waals surface area (Å²) in [4.78, 5) is 41.2. The Hall–Kier alpha value is -3.22. The largest absolute Gasteiger partial charge is 0.350 e. The van der Waals surface area contributed by atoms with Crippen LogP contribution in [0.1, 0.15) is 35.7 Å². The first kappa shape index (κ1) is 18.2. The van der Waals surface area contributed by atoms with Crippen LogP contribution in [0.2, 0.25) is 0 Å². The zero-order valence-corrected chi connectivity index (χ0v) is 15.4. The van der Waals surface area contributed by atoms with E-state index in [9.17, 15) is 18.8 Å². The number of rotatable bonds is 4. The first-order valence-corrected chi connectivity index (χ1v) is 9.16. The van der Waals surface area contributed by atoms with Crippen LogP contribution in [0.4, 0.5) is 10.1 Å². The molecule has 2 aromatic rings. The summed E-state index contributed by atoms with van der Waals surface area (Å²) >= 11 is 0. The van der Waals surface area contributed by atoms with Crippen molar-refractivity contribution in [3.05, 3.63) is 65.5 Å². The van der Waals surface area contributed by atoms with Gasteiger partial charge in [0.25, 0.3) is 5.91 Å². The Labute approximate surface area is 161 Å². The van der Waals surface area contributed by atoms with Crippen LogP contribution in [-0.2, 0) is 16.1 Å². The van der Waals surface area contributed by atoms with Gasteiger partial charge in [-0.05, 0) is 31.5 Å². The number of hydrogen-bond acceptors (Lipinski definition) is 3. The Morgan fingerprint density at radius 1 is 1.14 bits per heavy atom. The van der Waals surface area contributed by atoms with E-state index in [4.69, 9.17) is 0 Å². The number of hydrogen-bond donors (Lipinski definition) is 1. The van der Waals surface area contributed by atoms with Gasteiger partial charge in [0.15, 0.2) is 0 Å². The third-order valence-corrected chi connectivity index (χ3v) is 5.48. The van der Waals surface area contributed by atoms with Gasteiger partial charge in [-0.15, -0.1) is 0 Å². The number of nitrogens with zero attached hydrogens (tertiary/aromatic N) is 2. The van der Waals surface area contributed by atoms with E-state index < -0.39 is 17.4 Å². The molecule has 2 aliphatic heterocycles. The molecule has 1 saturated heterocycles. The van der Waals surface area contributed by atoms with Gasteiger partial charge in [-0.3, -0.25) is 19.3 Å². The van der Waals surface area contributed by atoms with E-state index in [1.54, 1.807) is 54.3 Å². The Bertz CT molecular complexity index is 977. The van der Waals surface area contributed by atoms with Gasteiger partial charge >= 0.3 is 0 Å². The molecule has 1 unspecified atom stereocenters. The minimum absolute atomic E-state index is 0.0312. The molecule has 1 fully saturated rings. The topological polar surface area (TPSA) is 69.7 Å². The zero-order valence-electron chi connectivity index (χ0n) is 15.4. The molecule has 0 radical (unpaired) electrons. The van der Waals surface area contributed by atoms with E-state index in [1.807, 2.05) is 0 Å². The van der Waals surface area contributed by atoms with Crippen molar-refractivity contribution in [2.24, 2.45) is 0 Å². The average Bonchev–Trinajstić information content (AvgIpc) is 3.00. The molecule has 4 rings (SSSR count). The highest BCUT2D eigenvalue weighted by molar-refractivity contribution is 6.11. The number of carbonyl (C=O) groups excluding carboxylic acids is 3. The van der Waals surface area contributed by atoms with Crippen LogP contribution >= 0.6 is 0 Å². The van der Waals surface area contributed by atoms with Crippen LogP contribution in [0.3, 0.4) is 0 Å². The van der Waals surface area contributed by atoms with Crippen molar-refractivity contribution < 1.29 is 18.8 Å². The molecule has 2 aromatic carbocycles. The summed E-state index contributed by atoms with van der Waals surface area (Å²) in [7, 11) is 0. The molecule has 0 bridgehead atoms. The minimum atomic E-state index is -0.891. The van der Waals surface area contributed by atoms with E-state index in [0.29, 0.717) is 29.7 Å². The van der Waals surface area contributed by atoms with E-state index in [-0.39, 0.29) is 24.9 Å². The van der Waals surface area contributed by atoms with Crippen molar-refractivity contribution in [1.29, 1.82) is 0 Å². The van der Waals surface area contributed by atoms with Gasteiger partial charge in [-0.25, -0.2) is 4.39 Å². The third-order valence-electron chi connectivity index (χ3n) is 5.48. The molecular weight excluding hydrogens is 361 g/mol. The van der Waals surface area contributed by atoms with Gasteiger partial charge in [0, 0.05) is 18.5 Å². The van der Waals surface area contributed by atoms with Gasteiger partial charge < -0.3 is 10.2 Å². The Morgan fingerprint density at radius 3 is 2.64 bits per heavy atom. The fourth-order valence-corrected chi connectivity index (χ4v) is 3.98. The number of fused-ring (bicyclic) bond motifs is 3. The highest BCUT2D eigenvalue weighted by atomic mass is 19.1. The monoisotopic (exact) mass is 381 g/mol. The molecular formula is C21H20FN3O3. The summed E-state index contributed by atoms with van der Waals surface area (Å²) < 4.78 is 13.7. The molecule has 3 amide bonds. The highest BCUT2D eigenvalue weighted by Gasteiger charge is 2.53. The first-order valence-electron chi connectivity index (χ1n) is 9.16. The SMILES string of the molecule is CC12CCC(=O)N1c1ccccc1C(=O)N2CC(=O)NCc1ccccc1F. The van der Waals surface area contributed by atoms with E-state index >= 15 is 0 Å². The lowest BCUT2D eigenvalue weighted by atomic mass is 9.98. The van der Waals surface area contributed by atoms with Crippen LogP contribution < -0.4 is 10.2 Å². The number of amides is 3. The van der Waals surface area contributed by atoms with Crippen molar-refractivity contribution in [3.63, 3.8) is 0 Å². The average molecular weight is 381 g/mol. The van der Waals surface area contributed by atoms with Crippen LogP contribution in [0.15, 0.2) is 48.5 Å². The molecule has 6 nitrogen and oxygen atoms in total. The van der Waals surface area contributed by atoms with Gasteiger partial charge in [-0.2, -0.15) is 0 Å². The maximum absolute atomic E-state index is 13.7. The number of anilines is 1. The summed E-state index contributed by atoms with van der Waals surface area (Å²) in [6.07, 6.45) is 0.762. The number of nitrogens with one attached hydrogen (secondary N) is 1. The summed E-state index contributed by atoms with van der Waals surface area (Å²) in [5.41, 5.74) is 0.463. The van der Waals surface area contributed by atoms with Crippen molar-refractivity contribution in [2.45, 2.75) is 32.0 Å². The van der Waals surface area contributed by atoms with Gasteiger partial charge in [0.05, 0.1) is 11.3 Å². The molecule has 0 spiro atoms. The number of halogens is 1. The molecule has 0 aliphatic carbocycles. The summed E-state index contributed by atoms with van der Waals surface area (Å²) in [5, 5.41) is 2.66. The lowest BCUT2D eigenvalue weighted by Gasteiger charge is -2.48. The Kier molecular flexibility index (Phi) is 4.37. The van der Waals surface area contributed by atoms with Crippen LogP contribution in [-0.4, -0.2) is 34.8 Å². The highest BCUT2D eigenvalue weighted by Crippen LogP contribution is 2.43. The lowest BCUT2D eigenvalue weighted by molar-refractivity contribution is -0.124. The summed E-state index contributed by atoms with van der Waals surface area (Å²) in [6, 6.07) is 13.1. The smallest absolute Gasteiger partial charge is 0.258 e. The molecule has 7 heteroatoms. The van der Waals surface area contributed by atoms with Crippen LogP contribution in [0.25, 0.3) is 0 Å². The second-order valence-electron chi connectivity index (χ2n) is 7.22. The predicted octanol–water partition coefficient (Wildman–Crippen LogP) is 2.44. The first-order chi connectivity index (χ1) is 13.4. The summed E-state index contributed by atoms with van der Waals surface area (Å²) in [6.45, 7) is 1.63. The maximum atomic E-state index is 13.7. The minimum Gasteiger partial charge on any atom is -0.350 e. The molecule has 1 N–H and O–H groups in total. The standard InChI is InChI=1S/C21H20FN3O3/c1-21-11-10-19(27)25(21)17-9-5-3-7-15(17)20(28)24(21)13-18(26)23-12-14-6-2-4-8-16(14)22/h2-9H,10-13H2,1H3,(H,23,26). The van der Waals surface area contributed by atoms with Gasteiger partial charge in [0.2, 0.25) is 11.8 Å². The molecule has 144 valence electrons. The Morgan fingerprint density at radius 2 is 1.86 bits per heavy atom. The number of para-hydroxylation sites is 1. The number of carbonyl (C=O) groups is 3. The van der Waals surface area contributed by atoms with Crippen molar-refractivity contribution in [2.75, 3.05) is 11.4 Å². The Balaban J connectivity index is 1.57. The fraction of sp³-hybridized carbons (Fsp3) is 0.286. The summed E-state index contributed by atoms with van der Waals surface area (Å²) in [5.74, 6) is -1.16. The molecule has 1 atom stereocenters. The normalized spacial score (nSPS) is 20.8. The predicted molar refractivity (Wildman–Crippen MR) is 101 cm³/mol. The maximum Gasteiger partial charge on any atom is 0.258 e. The van der Waals surface area contributed by atoms with Crippen molar-refractivity contribution in [1.82, 2.24) is 10.2 Å². The molecule has 0 saturated carbocycles. The van der Waals surface area contributed by atoms with Crippen molar-refractivity contribution >= 4 is 23.4 Å².